The van der Waals surface area contributed by atoms with Gasteiger partial charge in [0.05, 0.1) is 5.92 Å². The van der Waals surface area contributed by atoms with Gasteiger partial charge in [0.25, 0.3) is 0 Å². The Kier molecular flexibility index (Phi) is 5.41. The summed E-state index contributed by atoms with van der Waals surface area (Å²) in [5.74, 6) is 0.125. The Labute approximate surface area is 103 Å². The van der Waals surface area contributed by atoms with Gasteiger partial charge in [-0.15, -0.1) is 0 Å². The molecule has 1 heterocycles. The van der Waals surface area contributed by atoms with Crippen LogP contribution < -0.4 is 10.6 Å². The van der Waals surface area contributed by atoms with Crippen LogP contribution in [0.5, 0.6) is 0 Å². The topological polar surface area (TPSA) is 61.4 Å². The molecular weight excluding hydrogens is 218 g/mol. The first-order valence-corrected chi connectivity index (χ1v) is 6.25. The van der Waals surface area contributed by atoms with E-state index in [9.17, 15) is 9.59 Å². The van der Waals surface area contributed by atoms with Crippen molar-refractivity contribution in [2.45, 2.75) is 19.8 Å². The summed E-state index contributed by atoms with van der Waals surface area (Å²) in [4.78, 5) is 25.5. The maximum atomic E-state index is 12.1. The van der Waals surface area contributed by atoms with Crippen LogP contribution in [-0.4, -0.2) is 50.4 Å². The Morgan fingerprint density at radius 2 is 2.12 bits per heavy atom. The quantitative estimate of drug-likeness (QED) is 0.718. The maximum absolute atomic E-state index is 12.1. The number of nitrogens with zero attached hydrogens (tertiary/aromatic N) is 1. The molecule has 0 aromatic heterocycles. The standard InChI is InChI=1S/C12H23N3O2/c1-9(7-13-2)12(17)15-6-4-5-10(8-15)11(16)14-3/h9-10,13H,4-8H2,1-3H3,(H,14,16). The number of carbonyl (C=O) groups excluding carboxylic acids is 2. The molecule has 2 amide bonds. The van der Waals surface area contributed by atoms with Crippen LogP contribution >= 0.6 is 0 Å². The molecule has 0 spiro atoms. The van der Waals surface area contributed by atoms with Crippen molar-refractivity contribution in [3.8, 4) is 0 Å². The lowest BCUT2D eigenvalue weighted by Crippen LogP contribution is -2.47. The average Bonchev–Trinajstić information content (AvgIpc) is 2.37. The van der Waals surface area contributed by atoms with Gasteiger partial charge in [0.1, 0.15) is 0 Å². The van der Waals surface area contributed by atoms with E-state index in [0.717, 1.165) is 19.4 Å². The fraction of sp³-hybridized carbons (Fsp3) is 0.833. The third-order valence-electron chi connectivity index (χ3n) is 3.28. The predicted molar refractivity (Wildman–Crippen MR) is 66.5 cm³/mol. The fourth-order valence-corrected chi connectivity index (χ4v) is 2.30. The minimum Gasteiger partial charge on any atom is -0.359 e. The first-order chi connectivity index (χ1) is 8.10. The Hall–Kier alpha value is -1.10. The minimum atomic E-state index is -0.0421. The number of hydrogen-bond donors (Lipinski definition) is 2. The zero-order valence-corrected chi connectivity index (χ0v) is 11.0. The van der Waals surface area contributed by atoms with Crippen molar-refractivity contribution >= 4 is 11.8 Å². The Balaban J connectivity index is 2.54. The number of hydrogen-bond acceptors (Lipinski definition) is 3. The third kappa shape index (κ3) is 3.70. The molecule has 5 heteroatoms. The van der Waals surface area contributed by atoms with Gasteiger partial charge in [0, 0.05) is 32.6 Å². The highest BCUT2D eigenvalue weighted by molar-refractivity contribution is 5.82. The minimum absolute atomic E-state index is 0.0246. The molecule has 17 heavy (non-hydrogen) atoms. The molecule has 0 aromatic rings. The second-order valence-corrected chi connectivity index (χ2v) is 4.70. The predicted octanol–water partition coefficient (Wildman–Crippen LogP) is -0.173. The summed E-state index contributed by atoms with van der Waals surface area (Å²) in [7, 11) is 3.49. The van der Waals surface area contributed by atoms with Crippen LogP contribution in [0.2, 0.25) is 0 Å². The van der Waals surface area contributed by atoms with E-state index in [1.807, 2.05) is 18.9 Å². The van der Waals surface area contributed by atoms with Crippen molar-refractivity contribution in [2.24, 2.45) is 11.8 Å². The van der Waals surface area contributed by atoms with Gasteiger partial charge < -0.3 is 15.5 Å². The molecule has 2 N–H and O–H groups in total. The summed E-state index contributed by atoms with van der Waals surface area (Å²) in [6.07, 6.45) is 1.79. The molecule has 0 bridgehead atoms. The van der Waals surface area contributed by atoms with Crippen molar-refractivity contribution in [1.82, 2.24) is 15.5 Å². The van der Waals surface area contributed by atoms with Crippen molar-refractivity contribution in [1.29, 1.82) is 0 Å². The smallest absolute Gasteiger partial charge is 0.226 e. The second kappa shape index (κ2) is 6.59. The van der Waals surface area contributed by atoms with Crippen molar-refractivity contribution < 1.29 is 9.59 Å². The Morgan fingerprint density at radius 1 is 1.41 bits per heavy atom. The molecule has 0 saturated carbocycles. The monoisotopic (exact) mass is 241 g/mol. The van der Waals surface area contributed by atoms with Crippen LogP contribution in [-0.2, 0) is 9.59 Å². The SMILES string of the molecule is CNCC(C)C(=O)N1CCCC(C(=O)NC)C1. The van der Waals surface area contributed by atoms with Crippen LogP contribution in [0, 0.1) is 11.8 Å². The summed E-state index contributed by atoms with van der Waals surface area (Å²) in [5.41, 5.74) is 0. The normalized spacial score (nSPS) is 22.1. The highest BCUT2D eigenvalue weighted by Crippen LogP contribution is 2.18. The van der Waals surface area contributed by atoms with Gasteiger partial charge >= 0.3 is 0 Å². The molecular formula is C12H23N3O2. The lowest BCUT2D eigenvalue weighted by molar-refractivity contribution is -0.138. The molecule has 1 saturated heterocycles. The summed E-state index contributed by atoms with van der Waals surface area (Å²) in [6, 6.07) is 0. The van der Waals surface area contributed by atoms with Gasteiger partial charge in [-0.05, 0) is 19.9 Å². The third-order valence-corrected chi connectivity index (χ3v) is 3.28. The lowest BCUT2D eigenvalue weighted by Gasteiger charge is -2.33. The number of carbonyl (C=O) groups is 2. The molecule has 2 unspecified atom stereocenters. The van der Waals surface area contributed by atoms with E-state index < -0.39 is 0 Å². The van der Waals surface area contributed by atoms with Crippen LogP contribution in [0.15, 0.2) is 0 Å². The van der Waals surface area contributed by atoms with E-state index in [1.165, 1.54) is 0 Å². The van der Waals surface area contributed by atoms with Crippen LogP contribution in [0.1, 0.15) is 19.8 Å². The molecule has 2 atom stereocenters. The van der Waals surface area contributed by atoms with E-state index in [1.54, 1.807) is 7.05 Å². The molecule has 1 rings (SSSR count). The summed E-state index contributed by atoms with van der Waals surface area (Å²) >= 11 is 0. The summed E-state index contributed by atoms with van der Waals surface area (Å²) < 4.78 is 0. The molecule has 1 fully saturated rings. The number of amides is 2. The zero-order valence-electron chi connectivity index (χ0n) is 11.0. The Bertz CT molecular complexity index is 281. The number of likely N-dealkylation sites (tertiary alicyclic amines) is 1. The molecule has 0 aliphatic carbocycles. The van der Waals surface area contributed by atoms with Gasteiger partial charge in [-0.3, -0.25) is 9.59 Å². The molecule has 5 nitrogen and oxygen atoms in total. The van der Waals surface area contributed by atoms with E-state index in [0.29, 0.717) is 13.1 Å². The molecule has 1 aliphatic rings. The van der Waals surface area contributed by atoms with Gasteiger partial charge in [0.15, 0.2) is 0 Å². The maximum Gasteiger partial charge on any atom is 0.226 e. The van der Waals surface area contributed by atoms with E-state index >= 15 is 0 Å². The van der Waals surface area contributed by atoms with Crippen molar-refractivity contribution in [3.63, 3.8) is 0 Å². The number of nitrogens with one attached hydrogen (secondary N) is 2. The average molecular weight is 241 g/mol. The van der Waals surface area contributed by atoms with Gasteiger partial charge in [-0.2, -0.15) is 0 Å². The van der Waals surface area contributed by atoms with Crippen molar-refractivity contribution in [2.75, 3.05) is 33.7 Å². The van der Waals surface area contributed by atoms with Crippen molar-refractivity contribution in [3.05, 3.63) is 0 Å². The van der Waals surface area contributed by atoms with Crippen LogP contribution in [0.4, 0.5) is 0 Å². The first-order valence-electron chi connectivity index (χ1n) is 6.25. The summed E-state index contributed by atoms with van der Waals surface area (Å²) in [6.45, 7) is 3.94. The van der Waals surface area contributed by atoms with Gasteiger partial charge in [-0.1, -0.05) is 6.92 Å². The molecule has 1 aliphatic heterocycles. The largest absolute Gasteiger partial charge is 0.359 e. The lowest BCUT2D eigenvalue weighted by atomic mass is 9.96. The zero-order chi connectivity index (χ0) is 12.8. The Morgan fingerprint density at radius 3 is 2.71 bits per heavy atom. The van der Waals surface area contributed by atoms with E-state index in [2.05, 4.69) is 10.6 Å². The molecule has 0 radical (unpaired) electrons. The molecule has 98 valence electrons. The van der Waals surface area contributed by atoms with Crippen LogP contribution in [0.25, 0.3) is 0 Å². The van der Waals surface area contributed by atoms with E-state index in [4.69, 9.17) is 0 Å². The number of piperidine rings is 1. The van der Waals surface area contributed by atoms with E-state index in [-0.39, 0.29) is 23.7 Å². The van der Waals surface area contributed by atoms with Gasteiger partial charge in [-0.25, -0.2) is 0 Å². The second-order valence-electron chi connectivity index (χ2n) is 4.70. The van der Waals surface area contributed by atoms with Gasteiger partial charge in [0.2, 0.25) is 11.8 Å². The van der Waals surface area contributed by atoms with Crippen LogP contribution in [0.3, 0.4) is 0 Å². The highest BCUT2D eigenvalue weighted by Gasteiger charge is 2.29. The fourth-order valence-electron chi connectivity index (χ4n) is 2.30. The number of rotatable bonds is 4. The highest BCUT2D eigenvalue weighted by atomic mass is 16.2. The first kappa shape index (κ1) is 14.0. The summed E-state index contributed by atoms with van der Waals surface area (Å²) in [5, 5.41) is 5.67. The molecule has 0 aromatic carbocycles.